The number of rotatable bonds is 3. The molecule has 65 valence electrons. The number of carboxylic acids is 1. The van der Waals surface area contributed by atoms with Crippen molar-refractivity contribution in [2.45, 2.75) is 6.42 Å². The van der Waals surface area contributed by atoms with Crippen LogP contribution in [0.15, 0.2) is 24.3 Å². The molecule has 0 aliphatic carbocycles. The maximum atomic E-state index is 10.3. The van der Waals surface area contributed by atoms with Crippen LogP contribution in [0, 0.1) is 0 Å². The second kappa shape index (κ2) is 6.02. The Morgan fingerprint density at radius 2 is 1.92 bits per heavy atom. The normalized spacial score (nSPS) is 8.69. The number of methoxy groups -OCH3 is 1. The second-order valence-corrected chi connectivity index (χ2v) is 2.42. The Hall–Kier alpha value is -0.510. The molecule has 0 spiro atoms. The summed E-state index contributed by atoms with van der Waals surface area (Å²) in [5, 5.41) is 8.46. The third-order valence-corrected chi connectivity index (χ3v) is 1.51. The minimum atomic E-state index is -0.819. The van der Waals surface area contributed by atoms with Gasteiger partial charge in [0.2, 0.25) is 0 Å². The third kappa shape index (κ3) is 4.31. The molecule has 0 unspecified atom stereocenters. The molecule has 1 N–H and O–H groups in total. The standard InChI is InChI=1S/C9H10O3.Na/c1-12-8-4-2-7(3-5-8)6-9(10)11;/h2-5H,6H2,1H3,(H,10,11);. The van der Waals surface area contributed by atoms with Crippen molar-refractivity contribution in [2.75, 3.05) is 7.11 Å². The monoisotopic (exact) mass is 189 g/mol. The van der Waals surface area contributed by atoms with Crippen LogP contribution in [0.4, 0.5) is 0 Å². The van der Waals surface area contributed by atoms with Crippen LogP contribution in [0.2, 0.25) is 0 Å². The minimum absolute atomic E-state index is 0. The molecule has 0 heterocycles. The maximum absolute atomic E-state index is 10.3. The molecule has 4 heteroatoms. The average molecular weight is 189 g/mol. The van der Waals surface area contributed by atoms with Gasteiger partial charge >= 0.3 is 5.97 Å². The zero-order chi connectivity index (χ0) is 8.97. The Bertz CT molecular complexity index is 269. The van der Waals surface area contributed by atoms with Gasteiger partial charge in [0.05, 0.1) is 13.5 Å². The van der Waals surface area contributed by atoms with Crippen LogP contribution >= 0.6 is 0 Å². The van der Waals surface area contributed by atoms with Gasteiger partial charge in [-0.3, -0.25) is 4.79 Å². The van der Waals surface area contributed by atoms with Crippen LogP contribution in [-0.4, -0.2) is 47.7 Å². The van der Waals surface area contributed by atoms with E-state index < -0.39 is 5.97 Å². The van der Waals surface area contributed by atoms with Gasteiger partial charge in [0, 0.05) is 29.6 Å². The molecule has 1 radical (unpaired) electrons. The van der Waals surface area contributed by atoms with Gasteiger partial charge in [0.1, 0.15) is 5.75 Å². The largest absolute Gasteiger partial charge is 0.497 e. The number of ether oxygens (including phenoxy) is 1. The van der Waals surface area contributed by atoms with E-state index in [1.807, 2.05) is 0 Å². The van der Waals surface area contributed by atoms with E-state index in [1.54, 1.807) is 31.4 Å². The molecule has 0 aromatic heterocycles. The van der Waals surface area contributed by atoms with Crippen LogP contribution in [-0.2, 0) is 11.2 Å². The fraction of sp³-hybridized carbons (Fsp3) is 0.222. The zero-order valence-electron chi connectivity index (χ0n) is 7.78. The molecule has 0 amide bonds. The van der Waals surface area contributed by atoms with E-state index in [-0.39, 0.29) is 36.0 Å². The summed E-state index contributed by atoms with van der Waals surface area (Å²) in [4.78, 5) is 10.3. The summed E-state index contributed by atoms with van der Waals surface area (Å²) < 4.78 is 4.93. The summed E-state index contributed by atoms with van der Waals surface area (Å²) in [5.74, 6) is -0.0793. The Labute approximate surface area is 99.0 Å². The molecular weight excluding hydrogens is 179 g/mol. The van der Waals surface area contributed by atoms with Gasteiger partial charge in [-0.15, -0.1) is 0 Å². The molecule has 1 aromatic rings. The molecule has 0 atom stereocenters. The summed E-state index contributed by atoms with van der Waals surface area (Å²) in [7, 11) is 1.58. The Balaban J connectivity index is 0.00000144. The van der Waals surface area contributed by atoms with E-state index in [2.05, 4.69) is 0 Å². The summed E-state index contributed by atoms with van der Waals surface area (Å²) in [6, 6.07) is 6.98. The van der Waals surface area contributed by atoms with Crippen LogP contribution in [0.3, 0.4) is 0 Å². The number of hydrogen-bond acceptors (Lipinski definition) is 2. The number of hydrogen-bond donors (Lipinski definition) is 1. The molecule has 0 aliphatic heterocycles. The summed E-state index contributed by atoms with van der Waals surface area (Å²) in [5.41, 5.74) is 0.781. The first-order valence-corrected chi connectivity index (χ1v) is 3.57. The Morgan fingerprint density at radius 1 is 1.38 bits per heavy atom. The van der Waals surface area contributed by atoms with Crippen molar-refractivity contribution in [3.05, 3.63) is 29.8 Å². The van der Waals surface area contributed by atoms with Crippen molar-refractivity contribution >= 4 is 35.5 Å². The summed E-state index contributed by atoms with van der Waals surface area (Å²) >= 11 is 0. The van der Waals surface area contributed by atoms with Crippen molar-refractivity contribution in [1.82, 2.24) is 0 Å². The first kappa shape index (κ1) is 12.5. The summed E-state index contributed by atoms with van der Waals surface area (Å²) in [6.07, 6.45) is 0.0595. The van der Waals surface area contributed by atoms with Gasteiger partial charge in [0.25, 0.3) is 0 Å². The topological polar surface area (TPSA) is 46.5 Å². The predicted octanol–water partition coefficient (Wildman–Crippen LogP) is 0.941. The van der Waals surface area contributed by atoms with E-state index in [4.69, 9.17) is 9.84 Å². The van der Waals surface area contributed by atoms with Crippen molar-refractivity contribution in [3.8, 4) is 5.75 Å². The SMILES string of the molecule is COc1ccc(CC(=O)O)cc1.[Na]. The molecule has 0 saturated heterocycles. The molecule has 13 heavy (non-hydrogen) atoms. The van der Waals surface area contributed by atoms with Gasteiger partial charge in [-0.2, -0.15) is 0 Å². The van der Waals surface area contributed by atoms with E-state index >= 15 is 0 Å². The molecule has 1 rings (SSSR count). The molecule has 0 bridgehead atoms. The molecule has 0 aliphatic rings. The number of carbonyl (C=O) groups is 1. The zero-order valence-corrected chi connectivity index (χ0v) is 9.78. The van der Waals surface area contributed by atoms with Crippen LogP contribution in [0.1, 0.15) is 5.56 Å². The average Bonchev–Trinajstić information content (AvgIpc) is 2.05. The van der Waals surface area contributed by atoms with Gasteiger partial charge in [0.15, 0.2) is 0 Å². The van der Waals surface area contributed by atoms with Crippen LogP contribution in [0.25, 0.3) is 0 Å². The van der Waals surface area contributed by atoms with E-state index in [0.717, 1.165) is 11.3 Å². The number of aliphatic carboxylic acids is 1. The van der Waals surface area contributed by atoms with E-state index in [1.165, 1.54) is 0 Å². The van der Waals surface area contributed by atoms with Crippen LogP contribution < -0.4 is 4.74 Å². The third-order valence-electron chi connectivity index (χ3n) is 1.51. The van der Waals surface area contributed by atoms with Crippen molar-refractivity contribution in [1.29, 1.82) is 0 Å². The minimum Gasteiger partial charge on any atom is -0.497 e. The fourth-order valence-corrected chi connectivity index (χ4v) is 0.918. The van der Waals surface area contributed by atoms with Gasteiger partial charge in [-0.05, 0) is 17.7 Å². The number of benzene rings is 1. The van der Waals surface area contributed by atoms with Gasteiger partial charge in [-0.1, -0.05) is 12.1 Å². The fourth-order valence-electron chi connectivity index (χ4n) is 0.918. The number of carboxylic acid groups (broad SMARTS) is 1. The van der Waals surface area contributed by atoms with Crippen molar-refractivity contribution in [3.63, 3.8) is 0 Å². The quantitative estimate of drug-likeness (QED) is 0.720. The van der Waals surface area contributed by atoms with E-state index in [0.29, 0.717) is 0 Å². The summed E-state index contributed by atoms with van der Waals surface area (Å²) in [6.45, 7) is 0. The first-order chi connectivity index (χ1) is 5.72. The molecule has 0 saturated carbocycles. The van der Waals surface area contributed by atoms with Crippen molar-refractivity contribution < 1.29 is 14.6 Å². The molecular formula is C9H10NaO3. The van der Waals surface area contributed by atoms with Crippen LogP contribution in [0.5, 0.6) is 5.75 Å². The predicted molar refractivity (Wildman–Crippen MR) is 50.1 cm³/mol. The Morgan fingerprint density at radius 3 is 2.31 bits per heavy atom. The molecule has 3 nitrogen and oxygen atoms in total. The molecule has 0 fully saturated rings. The second-order valence-electron chi connectivity index (χ2n) is 2.42. The van der Waals surface area contributed by atoms with Crippen molar-refractivity contribution in [2.24, 2.45) is 0 Å². The smallest absolute Gasteiger partial charge is 0.307 e. The van der Waals surface area contributed by atoms with E-state index in [9.17, 15) is 4.79 Å². The molecule has 1 aromatic carbocycles. The van der Waals surface area contributed by atoms with Gasteiger partial charge < -0.3 is 9.84 Å². The Kier molecular flexibility index (Phi) is 5.79. The first-order valence-electron chi connectivity index (χ1n) is 3.57. The van der Waals surface area contributed by atoms with Gasteiger partial charge in [-0.25, -0.2) is 0 Å². The maximum Gasteiger partial charge on any atom is 0.307 e.